The zero-order valence-electron chi connectivity index (χ0n) is 8.48. The van der Waals surface area contributed by atoms with Gasteiger partial charge in [0.1, 0.15) is 12.3 Å². The van der Waals surface area contributed by atoms with Gasteiger partial charge < -0.3 is 15.7 Å². The molecular weight excluding hydrogens is 234 g/mol. The van der Waals surface area contributed by atoms with Gasteiger partial charge in [-0.1, -0.05) is 16.8 Å². The largest absolute Gasteiger partial charge is 0.476 e. The highest BCUT2D eigenvalue weighted by Gasteiger charge is 2.13. The topological polar surface area (TPSA) is 97.8 Å². The van der Waals surface area contributed by atoms with Crippen LogP contribution in [0.5, 0.6) is 0 Å². The molecule has 1 aromatic rings. The zero-order chi connectivity index (χ0) is 12.1. The van der Waals surface area contributed by atoms with Crippen LogP contribution < -0.4 is 5.73 Å². The van der Waals surface area contributed by atoms with Gasteiger partial charge in [-0.15, -0.1) is 0 Å². The molecule has 0 aliphatic heterocycles. The minimum Gasteiger partial charge on any atom is -0.476 e. The summed E-state index contributed by atoms with van der Waals surface area (Å²) in [6.07, 6.45) is 0. The highest BCUT2D eigenvalue weighted by atomic mass is 35.5. The van der Waals surface area contributed by atoms with Crippen molar-refractivity contribution in [1.29, 1.82) is 0 Å². The van der Waals surface area contributed by atoms with E-state index in [-0.39, 0.29) is 22.2 Å². The van der Waals surface area contributed by atoms with Crippen LogP contribution in [0.3, 0.4) is 0 Å². The third-order valence-corrected chi connectivity index (χ3v) is 1.91. The van der Waals surface area contributed by atoms with Crippen molar-refractivity contribution in [3.8, 4) is 0 Å². The molecule has 0 aliphatic rings. The molecule has 0 amide bonds. The van der Waals surface area contributed by atoms with Crippen LogP contribution in [0.4, 0.5) is 0 Å². The number of nitrogens with zero attached hydrogens (tertiary/aromatic N) is 2. The van der Waals surface area contributed by atoms with Crippen molar-refractivity contribution in [2.45, 2.75) is 6.92 Å². The van der Waals surface area contributed by atoms with E-state index in [0.717, 1.165) is 0 Å². The van der Waals surface area contributed by atoms with Crippen LogP contribution in [0.15, 0.2) is 17.3 Å². The molecule has 7 heteroatoms. The standard InChI is InChI=1S/C9H10ClN3O3/c1-2-16-13-8(11)6-4-3-5(10)7(12-6)9(14)15/h3-4H,2H2,1H3,(H2,11,13)(H,14,15). The summed E-state index contributed by atoms with van der Waals surface area (Å²) in [6.45, 7) is 2.11. The Labute approximate surface area is 96.7 Å². The molecule has 16 heavy (non-hydrogen) atoms. The molecule has 0 saturated heterocycles. The van der Waals surface area contributed by atoms with E-state index < -0.39 is 5.97 Å². The van der Waals surface area contributed by atoms with E-state index in [1.54, 1.807) is 6.92 Å². The highest BCUT2D eigenvalue weighted by molar-refractivity contribution is 6.33. The number of nitrogens with two attached hydrogens (primary N) is 1. The average Bonchev–Trinajstić information content (AvgIpc) is 2.26. The lowest BCUT2D eigenvalue weighted by Crippen LogP contribution is -2.17. The van der Waals surface area contributed by atoms with Crippen LogP contribution in [0.25, 0.3) is 0 Å². The van der Waals surface area contributed by atoms with Gasteiger partial charge in [0.05, 0.1) is 5.02 Å². The van der Waals surface area contributed by atoms with Crippen molar-refractivity contribution in [2.24, 2.45) is 10.9 Å². The predicted octanol–water partition coefficient (Wildman–Crippen LogP) is 1.09. The number of oxime groups is 1. The van der Waals surface area contributed by atoms with Gasteiger partial charge in [-0.2, -0.15) is 0 Å². The van der Waals surface area contributed by atoms with Crippen molar-refractivity contribution in [3.63, 3.8) is 0 Å². The number of hydrogen-bond acceptors (Lipinski definition) is 4. The number of carbonyl (C=O) groups is 1. The molecule has 0 unspecified atom stereocenters. The Hall–Kier alpha value is -1.82. The summed E-state index contributed by atoms with van der Waals surface area (Å²) in [7, 11) is 0. The first-order chi connectivity index (χ1) is 7.56. The molecule has 0 aromatic carbocycles. The van der Waals surface area contributed by atoms with Crippen LogP contribution in [0, 0.1) is 0 Å². The van der Waals surface area contributed by atoms with Gasteiger partial charge in [-0.05, 0) is 19.1 Å². The quantitative estimate of drug-likeness (QED) is 0.469. The lowest BCUT2D eigenvalue weighted by Gasteiger charge is -2.02. The first-order valence-electron chi connectivity index (χ1n) is 4.42. The molecular formula is C9H10ClN3O3. The third-order valence-electron chi connectivity index (χ3n) is 1.60. The smallest absolute Gasteiger partial charge is 0.356 e. The Bertz CT molecular complexity index is 434. The van der Waals surface area contributed by atoms with Crippen molar-refractivity contribution in [1.82, 2.24) is 4.98 Å². The van der Waals surface area contributed by atoms with E-state index >= 15 is 0 Å². The summed E-state index contributed by atoms with van der Waals surface area (Å²) in [5, 5.41) is 12.4. The van der Waals surface area contributed by atoms with E-state index in [1.807, 2.05) is 0 Å². The second-order valence-corrected chi connectivity index (χ2v) is 3.13. The Morgan fingerprint density at radius 3 is 2.94 bits per heavy atom. The third kappa shape index (κ3) is 2.83. The molecule has 1 aromatic heterocycles. The number of pyridine rings is 1. The number of amidine groups is 1. The lowest BCUT2D eigenvalue weighted by molar-refractivity contribution is 0.0690. The zero-order valence-corrected chi connectivity index (χ0v) is 9.23. The first kappa shape index (κ1) is 12.3. The first-order valence-corrected chi connectivity index (χ1v) is 4.79. The lowest BCUT2D eigenvalue weighted by atomic mass is 10.3. The Kier molecular flexibility index (Phi) is 4.07. The number of rotatable bonds is 4. The fourth-order valence-electron chi connectivity index (χ4n) is 0.916. The Morgan fingerprint density at radius 1 is 1.69 bits per heavy atom. The van der Waals surface area contributed by atoms with Crippen molar-refractivity contribution >= 4 is 23.4 Å². The minimum absolute atomic E-state index is 0.000941. The number of hydrogen-bond donors (Lipinski definition) is 2. The van der Waals surface area contributed by atoms with Crippen molar-refractivity contribution in [2.75, 3.05) is 6.61 Å². The molecule has 86 valence electrons. The van der Waals surface area contributed by atoms with Crippen LogP contribution in [0.2, 0.25) is 5.02 Å². The number of halogens is 1. The molecule has 6 nitrogen and oxygen atoms in total. The van der Waals surface area contributed by atoms with Crippen LogP contribution in [0.1, 0.15) is 23.1 Å². The molecule has 0 saturated carbocycles. The molecule has 3 N–H and O–H groups in total. The van der Waals surface area contributed by atoms with Gasteiger partial charge in [0.15, 0.2) is 11.5 Å². The van der Waals surface area contributed by atoms with Crippen LogP contribution >= 0.6 is 11.6 Å². The summed E-state index contributed by atoms with van der Waals surface area (Å²) in [6, 6.07) is 2.86. The molecule has 0 bridgehead atoms. The highest BCUT2D eigenvalue weighted by Crippen LogP contribution is 2.14. The van der Waals surface area contributed by atoms with Crippen LogP contribution in [-0.4, -0.2) is 28.5 Å². The van der Waals surface area contributed by atoms with Crippen LogP contribution in [-0.2, 0) is 4.84 Å². The molecule has 0 fully saturated rings. The average molecular weight is 244 g/mol. The summed E-state index contributed by atoms with van der Waals surface area (Å²) >= 11 is 5.64. The SMILES string of the molecule is CCON=C(N)c1ccc(Cl)c(C(=O)O)n1. The second kappa shape index (κ2) is 5.32. The second-order valence-electron chi connectivity index (χ2n) is 2.73. The molecule has 1 rings (SSSR count). The van der Waals surface area contributed by atoms with E-state index in [0.29, 0.717) is 6.61 Å². The van der Waals surface area contributed by atoms with Gasteiger partial charge >= 0.3 is 5.97 Å². The van der Waals surface area contributed by atoms with Gasteiger partial charge in [-0.3, -0.25) is 0 Å². The van der Waals surface area contributed by atoms with Gasteiger partial charge in [0.2, 0.25) is 0 Å². The maximum atomic E-state index is 10.8. The number of aromatic nitrogens is 1. The molecule has 1 heterocycles. The maximum Gasteiger partial charge on any atom is 0.356 e. The molecule has 0 spiro atoms. The van der Waals surface area contributed by atoms with E-state index in [1.165, 1.54) is 12.1 Å². The fourth-order valence-corrected chi connectivity index (χ4v) is 1.10. The molecule has 0 radical (unpaired) electrons. The van der Waals surface area contributed by atoms with Crippen molar-refractivity contribution in [3.05, 3.63) is 28.5 Å². The van der Waals surface area contributed by atoms with E-state index in [2.05, 4.69) is 10.1 Å². The number of carboxylic acids is 1. The van der Waals surface area contributed by atoms with E-state index in [9.17, 15) is 4.79 Å². The Balaban J connectivity index is 3.07. The normalized spacial score (nSPS) is 11.2. The monoisotopic (exact) mass is 243 g/mol. The minimum atomic E-state index is -1.23. The number of carboxylic acid groups (broad SMARTS) is 1. The summed E-state index contributed by atoms with van der Waals surface area (Å²) in [5.74, 6) is -1.22. The van der Waals surface area contributed by atoms with Gasteiger partial charge in [-0.25, -0.2) is 9.78 Å². The predicted molar refractivity (Wildman–Crippen MR) is 58.6 cm³/mol. The molecule has 0 atom stereocenters. The summed E-state index contributed by atoms with van der Waals surface area (Å²) < 4.78 is 0. The van der Waals surface area contributed by atoms with E-state index in [4.69, 9.17) is 27.3 Å². The Morgan fingerprint density at radius 2 is 2.38 bits per heavy atom. The summed E-state index contributed by atoms with van der Waals surface area (Å²) in [4.78, 5) is 19.2. The maximum absolute atomic E-state index is 10.8. The number of aromatic carboxylic acids is 1. The van der Waals surface area contributed by atoms with Crippen molar-refractivity contribution < 1.29 is 14.7 Å². The fraction of sp³-hybridized carbons (Fsp3) is 0.222. The van der Waals surface area contributed by atoms with Gasteiger partial charge in [0, 0.05) is 0 Å². The van der Waals surface area contributed by atoms with Gasteiger partial charge in [0.25, 0.3) is 0 Å². The molecule has 0 aliphatic carbocycles. The summed E-state index contributed by atoms with van der Waals surface area (Å²) in [5.41, 5.74) is 5.46.